The number of hydrogen-bond acceptors (Lipinski definition) is 4. The van der Waals surface area contributed by atoms with Gasteiger partial charge in [-0.3, -0.25) is 5.10 Å². The van der Waals surface area contributed by atoms with Gasteiger partial charge in [0.2, 0.25) is 0 Å². The molecule has 2 aliphatic rings. The van der Waals surface area contributed by atoms with E-state index >= 15 is 0 Å². The highest BCUT2D eigenvalue weighted by Gasteiger charge is 2.42. The van der Waals surface area contributed by atoms with Gasteiger partial charge in [-0.15, -0.1) is 0 Å². The predicted octanol–water partition coefficient (Wildman–Crippen LogP) is 5.01. The van der Waals surface area contributed by atoms with Crippen LogP contribution in [0.25, 0.3) is 27.5 Å². The first-order chi connectivity index (χ1) is 16.9. The van der Waals surface area contributed by atoms with Gasteiger partial charge in [0, 0.05) is 41.3 Å². The molecule has 6 rings (SSSR count). The average Bonchev–Trinajstić information content (AvgIpc) is 3.46. The van der Waals surface area contributed by atoms with Crippen LogP contribution in [-0.4, -0.2) is 49.8 Å². The third kappa shape index (κ3) is 3.72. The molecule has 35 heavy (non-hydrogen) atoms. The number of aliphatic hydroxyl groups is 1. The van der Waals surface area contributed by atoms with Crippen LogP contribution in [0.2, 0.25) is 0 Å². The van der Waals surface area contributed by atoms with E-state index in [-0.39, 0.29) is 30.5 Å². The summed E-state index contributed by atoms with van der Waals surface area (Å²) >= 11 is 0. The number of carboxylic acids is 1. The van der Waals surface area contributed by atoms with Crippen molar-refractivity contribution in [3.63, 3.8) is 0 Å². The Hall–Kier alpha value is -3.23. The predicted molar refractivity (Wildman–Crippen MR) is 129 cm³/mol. The molecule has 7 nitrogen and oxygen atoms in total. The Balaban J connectivity index is 1.60. The highest BCUT2D eigenvalue weighted by molar-refractivity contribution is 5.99. The van der Waals surface area contributed by atoms with Gasteiger partial charge in [0.15, 0.2) is 5.60 Å². The summed E-state index contributed by atoms with van der Waals surface area (Å²) in [5.74, 6) is -1.06. The molecule has 4 aromatic rings. The highest BCUT2D eigenvalue weighted by Crippen LogP contribution is 2.48. The molecule has 1 saturated carbocycles. The summed E-state index contributed by atoms with van der Waals surface area (Å²) in [4.78, 5) is 11.7. The second-order valence-electron chi connectivity index (χ2n) is 9.94. The summed E-state index contributed by atoms with van der Waals surface area (Å²) in [5, 5.41) is 29.5. The van der Waals surface area contributed by atoms with Gasteiger partial charge in [-0.2, -0.15) is 5.10 Å². The minimum atomic E-state index is -1.67. The molecular formula is C27H28FN3O4. The van der Waals surface area contributed by atoms with E-state index in [2.05, 4.69) is 26.9 Å². The molecule has 0 bridgehead atoms. The molecule has 2 aromatic heterocycles. The number of aliphatic carboxylic acids is 1. The van der Waals surface area contributed by atoms with Gasteiger partial charge in [-0.1, -0.05) is 0 Å². The summed E-state index contributed by atoms with van der Waals surface area (Å²) in [6.45, 7) is 1.37. The number of aromatic amines is 1. The number of H-pyrrole nitrogens is 1. The lowest BCUT2D eigenvalue weighted by Gasteiger charge is -2.34. The number of nitrogens with one attached hydrogen (secondary N) is 1. The summed E-state index contributed by atoms with van der Waals surface area (Å²) < 4.78 is 21.8. The summed E-state index contributed by atoms with van der Waals surface area (Å²) in [6, 6.07) is 10.8. The van der Waals surface area contributed by atoms with Crippen LogP contribution in [-0.2, 0) is 9.53 Å². The Morgan fingerprint density at radius 1 is 1.09 bits per heavy atom. The van der Waals surface area contributed by atoms with Crippen molar-refractivity contribution in [2.45, 2.75) is 56.0 Å². The highest BCUT2D eigenvalue weighted by atomic mass is 19.1. The Morgan fingerprint density at radius 2 is 1.80 bits per heavy atom. The van der Waals surface area contributed by atoms with Crippen molar-refractivity contribution in [2.75, 3.05) is 13.2 Å². The van der Waals surface area contributed by atoms with Crippen molar-refractivity contribution in [3.8, 4) is 5.69 Å². The van der Waals surface area contributed by atoms with Crippen LogP contribution in [0.3, 0.4) is 0 Å². The standard InChI is InChI=1S/C27H28FN3O4/c28-19-1-3-20(4-2-19)31-23-13-18-15-29-30-22(18)14-21(23)24(25(31)17-7-11-35-12-8-17)16-5-9-27(34,10-6-16)26(32)33/h1-4,13-17,34H,5-12H2,(H,29,30)(H,32,33)/t16-,27+. The average molecular weight is 478 g/mol. The molecule has 1 aliphatic carbocycles. The maximum absolute atomic E-state index is 13.9. The fraction of sp³-hybridized carbons (Fsp3) is 0.407. The van der Waals surface area contributed by atoms with E-state index in [0.29, 0.717) is 26.1 Å². The maximum atomic E-state index is 13.9. The number of ether oxygens (including phenoxy) is 1. The molecule has 1 aliphatic heterocycles. The van der Waals surface area contributed by atoms with E-state index in [1.54, 1.807) is 6.20 Å². The quantitative estimate of drug-likeness (QED) is 0.384. The zero-order chi connectivity index (χ0) is 24.2. The molecule has 182 valence electrons. The van der Waals surface area contributed by atoms with Crippen LogP contribution >= 0.6 is 0 Å². The van der Waals surface area contributed by atoms with E-state index in [1.807, 2.05) is 12.1 Å². The largest absolute Gasteiger partial charge is 0.479 e. The number of benzene rings is 2. The van der Waals surface area contributed by atoms with Crippen LogP contribution < -0.4 is 0 Å². The zero-order valence-corrected chi connectivity index (χ0v) is 19.3. The van der Waals surface area contributed by atoms with Crippen molar-refractivity contribution in [1.29, 1.82) is 0 Å². The van der Waals surface area contributed by atoms with Gasteiger partial charge in [0.25, 0.3) is 0 Å². The van der Waals surface area contributed by atoms with E-state index in [9.17, 15) is 19.4 Å². The summed E-state index contributed by atoms with van der Waals surface area (Å²) in [7, 11) is 0. The number of nitrogens with zero attached hydrogens (tertiary/aromatic N) is 2. The number of carboxylic acid groups (broad SMARTS) is 1. The lowest BCUT2D eigenvalue weighted by Crippen LogP contribution is -2.41. The SMILES string of the molecule is O=C(O)[C@]1(O)CC[C@@H](c2c(C3CCOCC3)n(-c3ccc(F)cc3)c3cc4cn[nH]c4cc32)CC1. The third-order valence-corrected chi connectivity index (χ3v) is 7.92. The first kappa shape index (κ1) is 22.2. The number of carbonyl (C=O) groups is 1. The normalized spacial score (nSPS) is 23.8. The molecule has 0 radical (unpaired) electrons. The molecule has 0 spiro atoms. The molecular weight excluding hydrogens is 449 g/mol. The van der Waals surface area contributed by atoms with Crippen LogP contribution in [0.1, 0.15) is 61.6 Å². The fourth-order valence-electron chi connectivity index (χ4n) is 6.04. The monoisotopic (exact) mass is 477 g/mol. The molecule has 2 fully saturated rings. The first-order valence-electron chi connectivity index (χ1n) is 12.3. The Kier molecular flexibility index (Phi) is 5.38. The molecule has 1 saturated heterocycles. The minimum absolute atomic E-state index is 0.108. The first-order valence-corrected chi connectivity index (χ1v) is 12.3. The smallest absolute Gasteiger partial charge is 0.335 e. The van der Waals surface area contributed by atoms with Gasteiger partial charge >= 0.3 is 5.97 Å². The Morgan fingerprint density at radius 3 is 2.49 bits per heavy atom. The minimum Gasteiger partial charge on any atom is -0.479 e. The second-order valence-corrected chi connectivity index (χ2v) is 9.94. The van der Waals surface area contributed by atoms with Crippen molar-refractivity contribution >= 4 is 27.8 Å². The zero-order valence-electron chi connectivity index (χ0n) is 19.3. The molecule has 2 aromatic carbocycles. The topological polar surface area (TPSA) is 100 Å². The van der Waals surface area contributed by atoms with E-state index in [1.165, 1.54) is 23.4 Å². The maximum Gasteiger partial charge on any atom is 0.335 e. The van der Waals surface area contributed by atoms with Crippen molar-refractivity contribution in [1.82, 2.24) is 14.8 Å². The number of rotatable bonds is 4. The van der Waals surface area contributed by atoms with E-state index in [0.717, 1.165) is 40.3 Å². The Labute approximate surface area is 201 Å². The van der Waals surface area contributed by atoms with Crippen LogP contribution in [0, 0.1) is 5.82 Å². The Bertz CT molecular complexity index is 1390. The van der Waals surface area contributed by atoms with Crippen molar-refractivity contribution in [2.24, 2.45) is 0 Å². The molecule has 3 heterocycles. The number of aromatic nitrogens is 3. The number of hydrogen-bond donors (Lipinski definition) is 3. The lowest BCUT2D eigenvalue weighted by molar-refractivity contribution is -0.162. The number of fused-ring (bicyclic) bond motifs is 2. The second kappa shape index (κ2) is 8.46. The van der Waals surface area contributed by atoms with Crippen LogP contribution in [0.5, 0.6) is 0 Å². The van der Waals surface area contributed by atoms with Gasteiger partial charge in [0.1, 0.15) is 5.82 Å². The summed E-state index contributed by atoms with van der Waals surface area (Å²) in [6.07, 6.45) is 5.18. The lowest BCUT2D eigenvalue weighted by atomic mass is 9.74. The van der Waals surface area contributed by atoms with Gasteiger partial charge < -0.3 is 19.5 Å². The van der Waals surface area contributed by atoms with Crippen LogP contribution in [0.15, 0.2) is 42.6 Å². The molecule has 3 N–H and O–H groups in total. The van der Waals surface area contributed by atoms with Crippen molar-refractivity contribution in [3.05, 3.63) is 59.7 Å². The fourth-order valence-corrected chi connectivity index (χ4v) is 6.04. The molecule has 8 heteroatoms. The molecule has 0 amide bonds. The molecule has 0 atom stereocenters. The van der Waals surface area contributed by atoms with Gasteiger partial charge in [0.05, 0.1) is 17.2 Å². The van der Waals surface area contributed by atoms with Gasteiger partial charge in [-0.25, -0.2) is 9.18 Å². The van der Waals surface area contributed by atoms with Gasteiger partial charge in [-0.05, 0) is 86.4 Å². The van der Waals surface area contributed by atoms with E-state index in [4.69, 9.17) is 4.74 Å². The van der Waals surface area contributed by atoms with Crippen LogP contribution in [0.4, 0.5) is 4.39 Å². The molecule has 0 unspecified atom stereocenters. The third-order valence-electron chi connectivity index (χ3n) is 7.92. The number of halogens is 1. The van der Waals surface area contributed by atoms with E-state index < -0.39 is 11.6 Å². The van der Waals surface area contributed by atoms with Crippen molar-refractivity contribution < 1.29 is 24.1 Å². The summed E-state index contributed by atoms with van der Waals surface area (Å²) in [5.41, 5.74) is 3.60.